The molecule has 1 aromatic carbocycles. The van der Waals surface area contributed by atoms with Gasteiger partial charge in [0.25, 0.3) is 0 Å². The van der Waals surface area contributed by atoms with Crippen LogP contribution in [0.15, 0.2) is 17.0 Å². The molecular weight excluding hydrogens is 280 g/mol. The average Bonchev–Trinajstić information content (AvgIpc) is 3.40. The molecule has 2 atom stereocenters. The van der Waals surface area contributed by atoms with Gasteiger partial charge in [-0.15, -0.1) is 0 Å². The maximum absolute atomic E-state index is 6.40. The molecule has 114 valence electrons. The summed E-state index contributed by atoms with van der Waals surface area (Å²) in [6, 6.07) is 4.64. The molecule has 3 N–H and O–H groups in total. The molecule has 21 heavy (non-hydrogen) atoms. The van der Waals surface area contributed by atoms with E-state index in [-0.39, 0.29) is 6.04 Å². The molecule has 2 fully saturated rings. The lowest BCUT2D eigenvalue weighted by Gasteiger charge is -2.19. The Morgan fingerprint density at radius 1 is 1.33 bits per heavy atom. The lowest BCUT2D eigenvalue weighted by atomic mass is 10.0. The molecule has 4 heteroatoms. The molecule has 3 aliphatic rings. The van der Waals surface area contributed by atoms with Crippen molar-refractivity contribution >= 4 is 17.4 Å². The normalized spacial score (nSPS) is 25.3. The topological polar surface area (TPSA) is 47.3 Å². The van der Waals surface area contributed by atoms with Gasteiger partial charge >= 0.3 is 0 Å². The van der Waals surface area contributed by atoms with Crippen LogP contribution < -0.4 is 15.8 Å². The fourth-order valence-corrected chi connectivity index (χ4v) is 4.52. The third-order valence-corrected chi connectivity index (χ3v) is 6.23. The Kier molecular flexibility index (Phi) is 3.54. The van der Waals surface area contributed by atoms with Crippen LogP contribution in [0.5, 0.6) is 5.75 Å². The van der Waals surface area contributed by atoms with Crippen molar-refractivity contribution in [3.05, 3.63) is 17.7 Å². The van der Waals surface area contributed by atoms with Crippen molar-refractivity contribution in [1.29, 1.82) is 0 Å². The summed E-state index contributed by atoms with van der Waals surface area (Å²) in [6.07, 6.45) is 7.91. The van der Waals surface area contributed by atoms with Crippen LogP contribution in [0.1, 0.15) is 37.7 Å². The van der Waals surface area contributed by atoms with E-state index in [0.29, 0.717) is 5.37 Å². The molecule has 3 nitrogen and oxygen atoms in total. The van der Waals surface area contributed by atoms with E-state index in [9.17, 15) is 0 Å². The zero-order valence-corrected chi connectivity index (χ0v) is 13.4. The molecule has 1 aliphatic heterocycles. The second-order valence-electron chi connectivity index (χ2n) is 6.74. The summed E-state index contributed by atoms with van der Waals surface area (Å²) in [5, 5.41) is 4.03. The highest BCUT2D eigenvalue weighted by atomic mass is 32.2. The third kappa shape index (κ3) is 2.88. The lowest BCUT2D eigenvalue weighted by Crippen LogP contribution is -2.37. The quantitative estimate of drug-likeness (QED) is 0.842. The zero-order valence-electron chi connectivity index (χ0n) is 12.6. The highest BCUT2D eigenvalue weighted by Gasteiger charge is 2.38. The van der Waals surface area contributed by atoms with E-state index >= 15 is 0 Å². The van der Waals surface area contributed by atoms with Crippen molar-refractivity contribution in [2.24, 2.45) is 17.6 Å². The van der Waals surface area contributed by atoms with Crippen LogP contribution in [0.2, 0.25) is 0 Å². The molecule has 0 saturated heterocycles. The number of rotatable bonds is 6. The van der Waals surface area contributed by atoms with Crippen LogP contribution in [0.25, 0.3) is 0 Å². The van der Waals surface area contributed by atoms with E-state index < -0.39 is 0 Å². The zero-order chi connectivity index (χ0) is 14.4. The number of hydrogen-bond acceptors (Lipinski definition) is 4. The van der Waals surface area contributed by atoms with Gasteiger partial charge in [-0.2, -0.15) is 0 Å². The van der Waals surface area contributed by atoms with Gasteiger partial charge in [0.15, 0.2) is 0 Å². The number of methoxy groups -OCH3 is 1. The first-order chi connectivity index (χ1) is 10.2. The lowest BCUT2D eigenvalue weighted by molar-refractivity contribution is 0.413. The van der Waals surface area contributed by atoms with Crippen molar-refractivity contribution in [3.63, 3.8) is 0 Å². The highest BCUT2D eigenvalue weighted by molar-refractivity contribution is 8.00. The van der Waals surface area contributed by atoms with Gasteiger partial charge in [0.1, 0.15) is 5.75 Å². The third-order valence-electron chi connectivity index (χ3n) is 4.97. The maximum Gasteiger partial charge on any atom is 0.120 e. The second kappa shape index (κ2) is 5.40. The predicted octanol–water partition coefficient (Wildman–Crippen LogP) is 3.62. The monoisotopic (exact) mass is 304 g/mol. The summed E-state index contributed by atoms with van der Waals surface area (Å²) in [7, 11) is 1.76. The standard InChI is InChI=1S/C17H24N2OS/c1-20-13-8-12(5-4-10-2-3-10)16-14(9-13)21-17(19-16)15(18)11-6-7-11/h8-11,15,17,19H,2-7,18H2,1H3/t15-,17?/m1/s1. The first-order valence-electron chi connectivity index (χ1n) is 8.14. The molecule has 0 spiro atoms. The molecular formula is C17H24N2OS. The predicted molar refractivity (Wildman–Crippen MR) is 88.0 cm³/mol. The Morgan fingerprint density at radius 2 is 2.14 bits per heavy atom. The van der Waals surface area contributed by atoms with Crippen molar-refractivity contribution < 1.29 is 4.74 Å². The van der Waals surface area contributed by atoms with E-state index in [1.54, 1.807) is 7.11 Å². The number of ether oxygens (including phenoxy) is 1. The second-order valence-corrected chi connectivity index (χ2v) is 7.92. The van der Waals surface area contributed by atoms with Crippen LogP contribution >= 0.6 is 11.8 Å². The fourth-order valence-electron chi connectivity index (χ4n) is 3.19. The molecule has 0 amide bonds. The number of nitrogens with one attached hydrogen (secondary N) is 1. The number of aryl methyl sites for hydroxylation is 1. The number of anilines is 1. The summed E-state index contributed by atoms with van der Waals surface area (Å²) in [5.74, 6) is 2.67. The van der Waals surface area contributed by atoms with Gasteiger partial charge in [-0.1, -0.05) is 24.6 Å². The fraction of sp³-hybridized carbons (Fsp3) is 0.647. The number of nitrogens with two attached hydrogens (primary N) is 1. The van der Waals surface area contributed by atoms with Crippen LogP contribution in [0.4, 0.5) is 5.69 Å². The van der Waals surface area contributed by atoms with Crippen LogP contribution in [0.3, 0.4) is 0 Å². The smallest absolute Gasteiger partial charge is 0.120 e. The Balaban J connectivity index is 1.55. The van der Waals surface area contributed by atoms with Gasteiger partial charge in [-0.3, -0.25) is 0 Å². The molecule has 0 bridgehead atoms. The van der Waals surface area contributed by atoms with Gasteiger partial charge < -0.3 is 15.8 Å². The SMILES string of the molecule is COc1cc(CCC2CC2)c2c(c1)SC([C@H](N)C1CC1)N2. The summed E-state index contributed by atoms with van der Waals surface area (Å²) >= 11 is 1.89. The molecule has 4 rings (SSSR count). The van der Waals surface area contributed by atoms with E-state index in [1.807, 2.05) is 11.8 Å². The van der Waals surface area contributed by atoms with Crippen LogP contribution in [-0.2, 0) is 6.42 Å². The summed E-state index contributed by atoms with van der Waals surface area (Å²) in [4.78, 5) is 1.32. The van der Waals surface area contributed by atoms with Crippen LogP contribution in [0, 0.1) is 11.8 Å². The molecule has 0 aromatic heterocycles. The van der Waals surface area contributed by atoms with Crippen molar-refractivity contribution in [1.82, 2.24) is 0 Å². The van der Waals surface area contributed by atoms with Crippen molar-refractivity contribution in [3.8, 4) is 5.75 Å². The van der Waals surface area contributed by atoms with E-state index in [4.69, 9.17) is 10.5 Å². The first-order valence-corrected chi connectivity index (χ1v) is 9.02. The summed E-state index contributed by atoms with van der Waals surface area (Å²) in [6.45, 7) is 0. The van der Waals surface area contributed by atoms with Gasteiger partial charge in [0, 0.05) is 10.9 Å². The Hall–Kier alpha value is -0.870. The van der Waals surface area contributed by atoms with Crippen molar-refractivity contribution in [2.45, 2.75) is 54.8 Å². The maximum atomic E-state index is 6.40. The Labute approximate surface area is 131 Å². The Morgan fingerprint density at radius 3 is 2.81 bits per heavy atom. The number of hydrogen-bond donors (Lipinski definition) is 2. The van der Waals surface area contributed by atoms with Gasteiger partial charge in [-0.05, 0) is 55.2 Å². The van der Waals surface area contributed by atoms with Gasteiger partial charge in [-0.25, -0.2) is 0 Å². The average molecular weight is 304 g/mol. The summed E-state index contributed by atoms with van der Waals surface area (Å²) in [5.41, 5.74) is 9.14. The summed E-state index contributed by atoms with van der Waals surface area (Å²) < 4.78 is 5.49. The number of thioether (sulfide) groups is 1. The van der Waals surface area contributed by atoms with Crippen molar-refractivity contribution in [2.75, 3.05) is 12.4 Å². The highest BCUT2D eigenvalue weighted by Crippen LogP contribution is 2.47. The van der Waals surface area contributed by atoms with E-state index in [2.05, 4.69) is 17.4 Å². The molecule has 1 heterocycles. The molecule has 2 aliphatic carbocycles. The largest absolute Gasteiger partial charge is 0.497 e. The molecule has 1 unspecified atom stereocenters. The minimum Gasteiger partial charge on any atom is -0.497 e. The first kappa shape index (κ1) is 13.8. The van der Waals surface area contributed by atoms with Gasteiger partial charge in [0.05, 0.1) is 18.2 Å². The van der Waals surface area contributed by atoms with E-state index in [1.165, 1.54) is 48.3 Å². The number of fused-ring (bicyclic) bond motifs is 1. The number of benzene rings is 1. The van der Waals surface area contributed by atoms with Gasteiger partial charge in [0.2, 0.25) is 0 Å². The molecule has 2 saturated carbocycles. The van der Waals surface area contributed by atoms with Crippen LogP contribution in [-0.4, -0.2) is 18.5 Å². The minimum atomic E-state index is 0.268. The molecule has 0 radical (unpaired) electrons. The van der Waals surface area contributed by atoms with E-state index in [0.717, 1.165) is 24.0 Å². The Bertz CT molecular complexity index is 540. The molecule has 1 aromatic rings. The minimum absolute atomic E-state index is 0.268.